The SMILES string of the molecule is CC1C(=O)NC(=O)CN1c1nc(C(=O)O)cs1. The molecule has 2 rings (SSSR count). The minimum absolute atomic E-state index is 0.000517. The number of piperazine rings is 1. The van der Waals surface area contributed by atoms with Crippen molar-refractivity contribution in [3.8, 4) is 0 Å². The fourth-order valence-corrected chi connectivity index (χ4v) is 2.32. The zero-order chi connectivity index (χ0) is 12.6. The van der Waals surface area contributed by atoms with Gasteiger partial charge in [-0.2, -0.15) is 0 Å². The number of carbonyl (C=O) groups excluding carboxylic acids is 2. The predicted octanol–water partition coefficient (Wildman–Crippen LogP) is -0.307. The summed E-state index contributed by atoms with van der Waals surface area (Å²) in [7, 11) is 0. The van der Waals surface area contributed by atoms with Crippen LogP contribution >= 0.6 is 11.3 Å². The van der Waals surface area contributed by atoms with Crippen molar-refractivity contribution in [1.82, 2.24) is 10.3 Å². The van der Waals surface area contributed by atoms with Crippen LogP contribution in [0.1, 0.15) is 17.4 Å². The van der Waals surface area contributed by atoms with E-state index in [1.807, 2.05) is 0 Å². The van der Waals surface area contributed by atoms with E-state index in [-0.39, 0.29) is 12.2 Å². The molecular formula is C9H9N3O4S. The largest absolute Gasteiger partial charge is 0.476 e. The normalized spacial score (nSPS) is 20.3. The molecule has 0 saturated carbocycles. The van der Waals surface area contributed by atoms with Gasteiger partial charge in [-0.05, 0) is 6.92 Å². The second kappa shape index (κ2) is 4.13. The third-order valence-corrected chi connectivity index (χ3v) is 3.26. The highest BCUT2D eigenvalue weighted by atomic mass is 32.1. The van der Waals surface area contributed by atoms with E-state index in [0.717, 1.165) is 11.3 Å². The van der Waals surface area contributed by atoms with Gasteiger partial charge in [0.15, 0.2) is 10.8 Å². The van der Waals surface area contributed by atoms with Gasteiger partial charge in [0.05, 0.1) is 0 Å². The van der Waals surface area contributed by atoms with Gasteiger partial charge in [-0.25, -0.2) is 9.78 Å². The molecule has 0 spiro atoms. The lowest BCUT2D eigenvalue weighted by molar-refractivity contribution is -0.132. The average Bonchev–Trinajstić information content (AvgIpc) is 2.72. The molecule has 2 amide bonds. The van der Waals surface area contributed by atoms with Gasteiger partial charge >= 0.3 is 5.97 Å². The van der Waals surface area contributed by atoms with Crippen molar-refractivity contribution in [2.24, 2.45) is 0 Å². The first-order valence-electron chi connectivity index (χ1n) is 4.78. The topological polar surface area (TPSA) is 99.6 Å². The zero-order valence-electron chi connectivity index (χ0n) is 8.84. The summed E-state index contributed by atoms with van der Waals surface area (Å²) in [6.45, 7) is 1.63. The Hall–Kier alpha value is -1.96. The number of nitrogens with one attached hydrogen (secondary N) is 1. The van der Waals surface area contributed by atoms with Crippen LogP contribution in [0.25, 0.3) is 0 Å². The van der Waals surface area contributed by atoms with Gasteiger partial charge < -0.3 is 10.0 Å². The Balaban J connectivity index is 2.28. The van der Waals surface area contributed by atoms with E-state index in [1.165, 1.54) is 10.3 Å². The van der Waals surface area contributed by atoms with Crippen LogP contribution in [0, 0.1) is 0 Å². The second-order valence-corrected chi connectivity index (χ2v) is 4.37. The quantitative estimate of drug-likeness (QED) is 0.703. The molecule has 1 aromatic rings. The molecular weight excluding hydrogens is 246 g/mol. The highest BCUT2D eigenvalue weighted by molar-refractivity contribution is 7.14. The Morgan fingerprint density at radius 2 is 2.35 bits per heavy atom. The monoisotopic (exact) mass is 255 g/mol. The molecule has 90 valence electrons. The number of amides is 2. The Labute approximate surface area is 100 Å². The van der Waals surface area contributed by atoms with Gasteiger partial charge in [-0.1, -0.05) is 0 Å². The Morgan fingerprint density at radius 1 is 1.65 bits per heavy atom. The summed E-state index contributed by atoms with van der Waals surface area (Å²) >= 11 is 1.09. The maximum Gasteiger partial charge on any atom is 0.355 e. The first-order valence-corrected chi connectivity index (χ1v) is 5.66. The number of hydrogen-bond acceptors (Lipinski definition) is 6. The lowest BCUT2D eigenvalue weighted by atomic mass is 10.2. The lowest BCUT2D eigenvalue weighted by Crippen LogP contribution is -2.57. The highest BCUT2D eigenvalue weighted by Gasteiger charge is 2.32. The average molecular weight is 255 g/mol. The van der Waals surface area contributed by atoms with Crippen LogP contribution in [0.5, 0.6) is 0 Å². The molecule has 1 aliphatic heterocycles. The summed E-state index contributed by atoms with van der Waals surface area (Å²) < 4.78 is 0. The van der Waals surface area contributed by atoms with E-state index >= 15 is 0 Å². The number of carboxylic acids is 1. The lowest BCUT2D eigenvalue weighted by Gasteiger charge is -2.31. The summed E-state index contributed by atoms with van der Waals surface area (Å²) in [6.07, 6.45) is 0. The number of carbonyl (C=O) groups is 3. The summed E-state index contributed by atoms with van der Waals surface area (Å²) in [4.78, 5) is 38.7. The smallest absolute Gasteiger partial charge is 0.355 e. The van der Waals surface area contributed by atoms with E-state index in [9.17, 15) is 14.4 Å². The molecule has 7 nitrogen and oxygen atoms in total. The van der Waals surface area contributed by atoms with Crippen LogP contribution in [0.3, 0.4) is 0 Å². The van der Waals surface area contributed by atoms with Gasteiger partial charge in [0.2, 0.25) is 11.8 Å². The minimum atomic E-state index is -1.13. The van der Waals surface area contributed by atoms with Gasteiger partial charge in [0.1, 0.15) is 12.6 Å². The third kappa shape index (κ3) is 2.11. The summed E-state index contributed by atoms with van der Waals surface area (Å²) in [5.74, 6) is -1.96. The number of rotatable bonds is 2. The number of aromatic carboxylic acids is 1. The molecule has 1 atom stereocenters. The molecule has 17 heavy (non-hydrogen) atoms. The predicted molar refractivity (Wildman–Crippen MR) is 59.0 cm³/mol. The summed E-state index contributed by atoms with van der Waals surface area (Å²) in [5.41, 5.74) is -0.0874. The molecule has 2 N–H and O–H groups in total. The molecule has 1 aromatic heterocycles. The maximum atomic E-state index is 11.4. The molecule has 0 aliphatic carbocycles. The molecule has 8 heteroatoms. The number of anilines is 1. The first-order chi connectivity index (χ1) is 7.99. The molecule has 1 saturated heterocycles. The Kier molecular flexibility index (Phi) is 2.80. The van der Waals surface area contributed by atoms with Crippen molar-refractivity contribution in [3.63, 3.8) is 0 Å². The van der Waals surface area contributed by atoms with Gasteiger partial charge in [0, 0.05) is 5.38 Å². The van der Waals surface area contributed by atoms with Crippen LogP contribution in [0.2, 0.25) is 0 Å². The number of thiazole rings is 1. The van der Waals surface area contributed by atoms with Gasteiger partial charge in [-0.15, -0.1) is 11.3 Å². The van der Waals surface area contributed by atoms with Gasteiger partial charge in [0.25, 0.3) is 0 Å². The van der Waals surface area contributed by atoms with Crippen molar-refractivity contribution in [3.05, 3.63) is 11.1 Å². The van der Waals surface area contributed by atoms with E-state index in [2.05, 4.69) is 10.3 Å². The van der Waals surface area contributed by atoms with E-state index in [4.69, 9.17) is 5.11 Å². The van der Waals surface area contributed by atoms with Crippen molar-refractivity contribution in [1.29, 1.82) is 0 Å². The minimum Gasteiger partial charge on any atom is -0.476 e. The van der Waals surface area contributed by atoms with Crippen LogP contribution in [-0.4, -0.2) is 40.5 Å². The van der Waals surface area contributed by atoms with Crippen LogP contribution in [0.4, 0.5) is 5.13 Å². The molecule has 1 aliphatic rings. The number of aromatic nitrogens is 1. The third-order valence-electron chi connectivity index (χ3n) is 2.38. The Bertz CT molecular complexity index is 498. The highest BCUT2D eigenvalue weighted by Crippen LogP contribution is 2.23. The van der Waals surface area contributed by atoms with E-state index in [1.54, 1.807) is 6.92 Å². The zero-order valence-corrected chi connectivity index (χ0v) is 9.65. The van der Waals surface area contributed by atoms with Crippen molar-refractivity contribution < 1.29 is 19.5 Å². The second-order valence-electron chi connectivity index (χ2n) is 3.54. The molecule has 1 unspecified atom stereocenters. The molecule has 0 aromatic carbocycles. The molecule has 0 radical (unpaired) electrons. The maximum absolute atomic E-state index is 11.4. The summed E-state index contributed by atoms with van der Waals surface area (Å²) in [6, 6.07) is -0.541. The Morgan fingerprint density at radius 3 is 2.94 bits per heavy atom. The van der Waals surface area contributed by atoms with Crippen LogP contribution in [-0.2, 0) is 9.59 Å². The molecule has 2 heterocycles. The number of nitrogens with zero attached hydrogens (tertiary/aromatic N) is 2. The van der Waals surface area contributed by atoms with E-state index in [0.29, 0.717) is 5.13 Å². The van der Waals surface area contributed by atoms with Crippen molar-refractivity contribution in [2.75, 3.05) is 11.4 Å². The van der Waals surface area contributed by atoms with Crippen molar-refractivity contribution >= 4 is 34.3 Å². The molecule has 1 fully saturated rings. The summed E-state index contributed by atoms with van der Waals surface area (Å²) in [5, 5.41) is 12.7. The number of hydrogen-bond donors (Lipinski definition) is 2. The number of carboxylic acid groups (broad SMARTS) is 1. The van der Waals surface area contributed by atoms with Crippen LogP contribution in [0.15, 0.2) is 5.38 Å². The fourth-order valence-electron chi connectivity index (χ4n) is 1.44. The van der Waals surface area contributed by atoms with Crippen LogP contribution < -0.4 is 10.2 Å². The standard InChI is InChI=1S/C9H9N3O4S/c1-4-7(14)11-6(13)2-12(4)9-10-5(3-17-9)8(15)16/h3-4H,2H2,1H3,(H,15,16)(H,11,13,14). The van der Waals surface area contributed by atoms with E-state index < -0.39 is 23.8 Å². The fraction of sp³-hybridized carbons (Fsp3) is 0.333. The molecule has 0 bridgehead atoms. The van der Waals surface area contributed by atoms with Gasteiger partial charge in [-0.3, -0.25) is 14.9 Å². The van der Waals surface area contributed by atoms with Crippen molar-refractivity contribution in [2.45, 2.75) is 13.0 Å². The number of imide groups is 1. The first kappa shape index (κ1) is 11.5.